The van der Waals surface area contributed by atoms with Crippen LogP contribution < -0.4 is 10.9 Å². The fraction of sp³-hybridized carbons (Fsp3) is 0.100. The Morgan fingerprint density at radius 2 is 1.89 bits per heavy atom. The number of nitrogens with zero attached hydrogens (tertiary/aromatic N) is 3. The predicted octanol–water partition coefficient (Wildman–Crippen LogP) is 3.74. The van der Waals surface area contributed by atoms with Gasteiger partial charge in [0.25, 0.3) is 5.56 Å². The molecule has 1 N–H and O–H groups in total. The molecule has 0 saturated carbocycles. The van der Waals surface area contributed by atoms with Crippen LogP contribution in [0.1, 0.15) is 10.4 Å². The number of aromatic nitrogens is 3. The van der Waals surface area contributed by atoms with Crippen LogP contribution in [0.3, 0.4) is 0 Å². The maximum absolute atomic E-state index is 12.4. The number of anilines is 1. The molecule has 0 bridgehead atoms. The summed E-state index contributed by atoms with van der Waals surface area (Å²) in [5, 5.41) is 9.26. The normalized spacial score (nSPS) is 10.9. The molecule has 0 aliphatic heterocycles. The lowest BCUT2D eigenvalue weighted by Crippen LogP contribution is -2.29. The summed E-state index contributed by atoms with van der Waals surface area (Å²) in [7, 11) is 0. The molecule has 4 aromatic rings. The van der Waals surface area contributed by atoms with Crippen molar-refractivity contribution in [2.45, 2.75) is 13.0 Å². The zero-order valence-electron chi connectivity index (χ0n) is 14.6. The summed E-state index contributed by atoms with van der Waals surface area (Å²) >= 11 is 7.29. The van der Waals surface area contributed by atoms with Crippen molar-refractivity contribution in [3.8, 4) is 0 Å². The maximum Gasteiger partial charge on any atom is 0.275 e. The molecule has 0 radical (unpaired) electrons. The van der Waals surface area contributed by atoms with Crippen molar-refractivity contribution in [1.29, 1.82) is 0 Å². The fourth-order valence-corrected chi connectivity index (χ4v) is 3.77. The second kappa shape index (κ2) is 7.92. The van der Waals surface area contributed by atoms with E-state index >= 15 is 0 Å². The first-order valence-electron chi connectivity index (χ1n) is 8.52. The molecule has 0 fully saturated rings. The molecular formula is C20H15ClN4O2S. The summed E-state index contributed by atoms with van der Waals surface area (Å²) in [4.78, 5) is 30.0. The molecule has 2 aromatic heterocycles. The van der Waals surface area contributed by atoms with Gasteiger partial charge in [0.05, 0.1) is 11.6 Å². The van der Waals surface area contributed by atoms with E-state index < -0.39 is 0 Å². The second-order valence-electron chi connectivity index (χ2n) is 6.18. The third-order valence-corrected chi connectivity index (χ3v) is 5.31. The highest BCUT2D eigenvalue weighted by molar-refractivity contribution is 7.15. The number of halogens is 1. The number of fused-ring (bicyclic) bond motifs is 1. The lowest BCUT2D eigenvalue weighted by Gasteiger charge is -2.05. The van der Waals surface area contributed by atoms with Gasteiger partial charge in [0.2, 0.25) is 5.91 Å². The Morgan fingerprint density at radius 1 is 1.11 bits per heavy atom. The van der Waals surface area contributed by atoms with E-state index in [9.17, 15) is 9.59 Å². The van der Waals surface area contributed by atoms with E-state index in [0.29, 0.717) is 22.0 Å². The van der Waals surface area contributed by atoms with E-state index in [-0.39, 0.29) is 18.0 Å². The minimum Gasteiger partial charge on any atom is -0.300 e. The number of carbonyl (C=O) groups excluding carboxylic acids is 1. The molecule has 0 aliphatic rings. The molecule has 6 nitrogen and oxygen atoms in total. The summed E-state index contributed by atoms with van der Waals surface area (Å²) in [5.74, 6) is -0.350. The highest BCUT2D eigenvalue weighted by Crippen LogP contribution is 2.22. The summed E-state index contributed by atoms with van der Waals surface area (Å²) in [6.45, 7) is -0.171. The van der Waals surface area contributed by atoms with Crippen molar-refractivity contribution in [3.05, 3.63) is 86.7 Å². The molecule has 2 aromatic carbocycles. The van der Waals surface area contributed by atoms with Crippen LogP contribution >= 0.6 is 22.9 Å². The fourth-order valence-electron chi connectivity index (χ4n) is 2.79. The molecule has 140 valence electrons. The van der Waals surface area contributed by atoms with E-state index in [0.717, 1.165) is 20.5 Å². The average Bonchev–Trinajstić information content (AvgIpc) is 3.13. The second-order valence-corrected chi connectivity index (χ2v) is 7.73. The number of amides is 1. The van der Waals surface area contributed by atoms with E-state index in [1.807, 2.05) is 36.4 Å². The van der Waals surface area contributed by atoms with E-state index in [1.54, 1.807) is 24.5 Å². The van der Waals surface area contributed by atoms with E-state index in [1.165, 1.54) is 11.3 Å². The van der Waals surface area contributed by atoms with Crippen molar-refractivity contribution in [2.75, 3.05) is 5.32 Å². The van der Waals surface area contributed by atoms with Crippen LogP contribution in [0.15, 0.2) is 65.7 Å². The quantitative estimate of drug-likeness (QED) is 0.543. The summed E-state index contributed by atoms with van der Waals surface area (Å²) < 4.78 is 1.15. The Balaban J connectivity index is 1.43. The van der Waals surface area contributed by atoms with Gasteiger partial charge in [-0.05, 0) is 23.8 Å². The topological polar surface area (TPSA) is 76.9 Å². The Labute approximate surface area is 169 Å². The van der Waals surface area contributed by atoms with Gasteiger partial charge in [-0.15, -0.1) is 11.3 Å². The van der Waals surface area contributed by atoms with Gasteiger partial charge in [-0.3, -0.25) is 9.59 Å². The standard InChI is InChI=1S/C20H15ClN4O2S/c21-15-7-5-13(6-8-15)9-16-11-22-20(28-16)24-18(26)12-25-19(27)17-4-2-1-3-14(17)10-23-25/h1-8,10-11H,9,12H2,(H,22,24,26). The van der Waals surface area contributed by atoms with Crippen molar-refractivity contribution >= 4 is 44.7 Å². The van der Waals surface area contributed by atoms with Gasteiger partial charge in [-0.1, -0.05) is 41.9 Å². The Bertz CT molecular complexity index is 1200. The van der Waals surface area contributed by atoms with Crippen molar-refractivity contribution in [3.63, 3.8) is 0 Å². The van der Waals surface area contributed by atoms with Crippen LogP contribution in [-0.4, -0.2) is 20.7 Å². The molecule has 0 spiro atoms. The Kier molecular flexibility index (Phi) is 5.18. The number of hydrogen-bond acceptors (Lipinski definition) is 5. The van der Waals surface area contributed by atoms with E-state index in [2.05, 4.69) is 15.4 Å². The SMILES string of the molecule is O=C(Cn1ncc2ccccc2c1=O)Nc1ncc(Cc2ccc(Cl)cc2)s1. The summed E-state index contributed by atoms with van der Waals surface area (Å²) in [6, 6.07) is 14.8. The van der Waals surface area contributed by atoms with Gasteiger partial charge >= 0.3 is 0 Å². The van der Waals surface area contributed by atoms with Crippen LogP contribution in [0.2, 0.25) is 5.02 Å². The molecule has 0 unspecified atom stereocenters. The van der Waals surface area contributed by atoms with Gasteiger partial charge in [-0.2, -0.15) is 5.10 Å². The van der Waals surface area contributed by atoms with Gasteiger partial charge < -0.3 is 5.32 Å². The van der Waals surface area contributed by atoms with Gasteiger partial charge in [-0.25, -0.2) is 9.67 Å². The average molecular weight is 411 g/mol. The molecule has 0 aliphatic carbocycles. The lowest BCUT2D eigenvalue weighted by atomic mass is 10.1. The van der Waals surface area contributed by atoms with Gasteiger partial charge in [0, 0.05) is 27.9 Å². The molecule has 1 amide bonds. The molecule has 4 rings (SSSR count). The zero-order valence-corrected chi connectivity index (χ0v) is 16.2. The number of carbonyl (C=O) groups is 1. The monoisotopic (exact) mass is 410 g/mol. The summed E-state index contributed by atoms with van der Waals surface area (Å²) in [6.07, 6.45) is 4.02. The molecular weight excluding hydrogens is 396 g/mol. The van der Waals surface area contributed by atoms with Gasteiger partial charge in [0.1, 0.15) is 6.54 Å². The van der Waals surface area contributed by atoms with Crippen molar-refractivity contribution in [1.82, 2.24) is 14.8 Å². The third-order valence-electron chi connectivity index (χ3n) is 4.15. The van der Waals surface area contributed by atoms with Crippen molar-refractivity contribution < 1.29 is 4.79 Å². The number of hydrogen-bond donors (Lipinski definition) is 1. The largest absolute Gasteiger partial charge is 0.300 e. The van der Waals surface area contributed by atoms with Crippen molar-refractivity contribution in [2.24, 2.45) is 0 Å². The zero-order chi connectivity index (χ0) is 19.5. The number of benzene rings is 2. The third kappa shape index (κ3) is 4.11. The van der Waals surface area contributed by atoms with E-state index in [4.69, 9.17) is 11.6 Å². The Hall–Kier alpha value is -3.03. The Morgan fingerprint density at radius 3 is 2.71 bits per heavy atom. The number of nitrogens with one attached hydrogen (secondary N) is 1. The lowest BCUT2D eigenvalue weighted by molar-refractivity contribution is -0.117. The first-order chi connectivity index (χ1) is 13.6. The maximum atomic E-state index is 12.4. The first kappa shape index (κ1) is 18.3. The van der Waals surface area contributed by atoms with Crippen LogP contribution in [0.5, 0.6) is 0 Å². The smallest absolute Gasteiger partial charge is 0.275 e. The minimum absolute atomic E-state index is 0.171. The number of thiazole rings is 1. The van der Waals surface area contributed by atoms with Crippen LogP contribution in [-0.2, 0) is 17.8 Å². The minimum atomic E-state index is -0.350. The van der Waals surface area contributed by atoms with Gasteiger partial charge in [0.15, 0.2) is 5.13 Å². The molecule has 8 heteroatoms. The predicted molar refractivity (Wildman–Crippen MR) is 111 cm³/mol. The van der Waals surface area contributed by atoms with Crippen LogP contribution in [0, 0.1) is 0 Å². The van der Waals surface area contributed by atoms with Crippen LogP contribution in [0.4, 0.5) is 5.13 Å². The number of rotatable bonds is 5. The molecule has 28 heavy (non-hydrogen) atoms. The van der Waals surface area contributed by atoms with Crippen LogP contribution in [0.25, 0.3) is 10.8 Å². The first-order valence-corrected chi connectivity index (χ1v) is 9.72. The highest BCUT2D eigenvalue weighted by atomic mass is 35.5. The molecule has 2 heterocycles. The molecule has 0 saturated heterocycles. The summed E-state index contributed by atoms with van der Waals surface area (Å²) in [5.41, 5.74) is 0.814. The highest BCUT2D eigenvalue weighted by Gasteiger charge is 2.11. The molecule has 0 atom stereocenters.